The lowest BCUT2D eigenvalue weighted by Crippen LogP contribution is -2.43. The van der Waals surface area contributed by atoms with Crippen molar-refractivity contribution in [3.05, 3.63) is 0 Å². The summed E-state index contributed by atoms with van der Waals surface area (Å²) in [6, 6.07) is 0. The van der Waals surface area contributed by atoms with Crippen LogP contribution in [0.25, 0.3) is 0 Å². The van der Waals surface area contributed by atoms with E-state index in [9.17, 15) is 13.2 Å². The van der Waals surface area contributed by atoms with E-state index in [1.165, 1.54) is 4.31 Å². The first-order valence-corrected chi connectivity index (χ1v) is 6.67. The second-order valence-corrected chi connectivity index (χ2v) is 5.52. The van der Waals surface area contributed by atoms with Gasteiger partial charge in [-0.05, 0) is 18.1 Å². The third kappa shape index (κ3) is 2.73. The average Bonchev–Trinajstić information content (AvgIpc) is 2.81. The summed E-state index contributed by atoms with van der Waals surface area (Å²) in [5.74, 6) is -1.52. The van der Waals surface area contributed by atoms with Gasteiger partial charge in [0.15, 0.2) is 0 Å². The van der Waals surface area contributed by atoms with Gasteiger partial charge in [0, 0.05) is 13.1 Å². The molecule has 0 aromatic carbocycles. The molecule has 1 aromatic rings. The molecule has 1 fully saturated rings. The number of anilines is 1. The number of H-pyrrole nitrogens is 1. The zero-order chi connectivity index (χ0) is 13.2. The first-order chi connectivity index (χ1) is 8.49. The SMILES string of the molecule is O=C(O)C1CCN(S(=O)(=O)Nc2nn[nH]n2)CC1. The van der Waals surface area contributed by atoms with Gasteiger partial charge in [0.25, 0.3) is 5.95 Å². The summed E-state index contributed by atoms with van der Waals surface area (Å²) in [5.41, 5.74) is 0. The van der Waals surface area contributed by atoms with Crippen LogP contribution in [-0.4, -0.2) is 57.5 Å². The molecule has 0 unspecified atom stereocenters. The Hall–Kier alpha value is -1.75. The molecule has 0 bridgehead atoms. The van der Waals surface area contributed by atoms with E-state index in [1.54, 1.807) is 0 Å². The molecular formula is C7H12N6O4S. The molecule has 3 N–H and O–H groups in total. The fourth-order valence-corrected chi connectivity index (χ4v) is 2.87. The van der Waals surface area contributed by atoms with Crippen LogP contribution in [-0.2, 0) is 15.0 Å². The molecule has 10 nitrogen and oxygen atoms in total. The summed E-state index contributed by atoms with van der Waals surface area (Å²) in [6.07, 6.45) is 0.588. The molecule has 0 amide bonds. The van der Waals surface area contributed by atoms with Crippen molar-refractivity contribution in [2.24, 2.45) is 5.92 Å². The van der Waals surface area contributed by atoms with Crippen molar-refractivity contribution in [2.45, 2.75) is 12.8 Å². The Morgan fingerprint density at radius 1 is 1.44 bits per heavy atom. The molecule has 2 heterocycles. The molecule has 0 radical (unpaired) electrons. The zero-order valence-electron chi connectivity index (χ0n) is 9.27. The summed E-state index contributed by atoms with van der Waals surface area (Å²) in [5, 5.41) is 21.1. The van der Waals surface area contributed by atoms with Gasteiger partial charge in [-0.2, -0.15) is 17.9 Å². The Labute approximate surface area is 103 Å². The van der Waals surface area contributed by atoms with Crippen molar-refractivity contribution in [3.8, 4) is 0 Å². The van der Waals surface area contributed by atoms with Crippen LogP contribution in [0.15, 0.2) is 0 Å². The summed E-state index contributed by atoms with van der Waals surface area (Å²) in [7, 11) is -3.75. The number of rotatable bonds is 4. The number of carboxylic acid groups (broad SMARTS) is 1. The van der Waals surface area contributed by atoms with Crippen LogP contribution in [0.4, 0.5) is 5.95 Å². The van der Waals surface area contributed by atoms with Gasteiger partial charge in [-0.25, -0.2) is 4.72 Å². The number of aliphatic carboxylic acids is 1. The van der Waals surface area contributed by atoms with Crippen LogP contribution < -0.4 is 4.72 Å². The van der Waals surface area contributed by atoms with Crippen molar-refractivity contribution >= 4 is 22.1 Å². The Morgan fingerprint density at radius 3 is 2.61 bits per heavy atom. The predicted octanol–water partition coefficient (Wildman–Crippen LogP) is -1.35. The van der Waals surface area contributed by atoms with E-state index in [0.717, 1.165) is 0 Å². The molecule has 0 aliphatic carbocycles. The number of tetrazole rings is 1. The maximum atomic E-state index is 11.9. The van der Waals surface area contributed by atoms with Gasteiger partial charge >= 0.3 is 16.2 Å². The molecule has 1 saturated heterocycles. The molecule has 0 saturated carbocycles. The first-order valence-electron chi connectivity index (χ1n) is 5.23. The second kappa shape index (κ2) is 4.86. The molecule has 0 atom stereocenters. The number of hydrogen-bond acceptors (Lipinski definition) is 6. The van der Waals surface area contributed by atoms with Crippen LogP contribution in [0.5, 0.6) is 0 Å². The number of aromatic nitrogens is 4. The van der Waals surface area contributed by atoms with Crippen molar-refractivity contribution in [3.63, 3.8) is 0 Å². The standard InChI is InChI=1S/C7H12N6O4S/c14-6(15)5-1-3-13(4-2-5)18(16,17)10-7-8-11-12-9-7/h5H,1-4H2,(H,14,15)(H2,8,9,10,11,12). The monoisotopic (exact) mass is 276 g/mol. The maximum absolute atomic E-state index is 11.9. The summed E-state index contributed by atoms with van der Waals surface area (Å²) >= 11 is 0. The molecule has 1 aromatic heterocycles. The number of nitrogens with zero attached hydrogens (tertiary/aromatic N) is 4. The number of hydrogen-bond donors (Lipinski definition) is 3. The lowest BCUT2D eigenvalue weighted by atomic mass is 9.99. The normalized spacial score (nSPS) is 18.7. The lowest BCUT2D eigenvalue weighted by molar-refractivity contribution is -0.142. The van der Waals surface area contributed by atoms with Crippen LogP contribution >= 0.6 is 0 Å². The Kier molecular flexibility index (Phi) is 3.43. The van der Waals surface area contributed by atoms with E-state index >= 15 is 0 Å². The minimum Gasteiger partial charge on any atom is -0.481 e. The average molecular weight is 276 g/mol. The van der Waals surface area contributed by atoms with Crippen molar-refractivity contribution in [1.29, 1.82) is 0 Å². The Morgan fingerprint density at radius 2 is 2.11 bits per heavy atom. The van der Waals surface area contributed by atoms with Gasteiger partial charge in [0.05, 0.1) is 5.92 Å². The summed E-state index contributed by atoms with van der Waals surface area (Å²) in [6.45, 7) is 0.314. The van der Waals surface area contributed by atoms with Crippen LogP contribution in [0.1, 0.15) is 12.8 Å². The highest BCUT2D eigenvalue weighted by atomic mass is 32.2. The summed E-state index contributed by atoms with van der Waals surface area (Å²) < 4.78 is 27.1. The fourth-order valence-electron chi connectivity index (χ4n) is 1.73. The molecule has 11 heteroatoms. The molecule has 0 spiro atoms. The van der Waals surface area contributed by atoms with E-state index in [0.29, 0.717) is 12.8 Å². The minimum absolute atomic E-state index is 0.143. The molecule has 1 aliphatic rings. The Bertz CT molecular complexity index is 506. The number of carboxylic acids is 1. The van der Waals surface area contributed by atoms with Crippen molar-refractivity contribution < 1.29 is 18.3 Å². The molecule has 100 valence electrons. The minimum atomic E-state index is -3.75. The van der Waals surface area contributed by atoms with E-state index in [1.807, 2.05) is 0 Å². The van der Waals surface area contributed by atoms with Crippen molar-refractivity contribution in [2.75, 3.05) is 17.8 Å². The molecule has 2 rings (SSSR count). The van der Waals surface area contributed by atoms with E-state index < -0.39 is 22.1 Å². The number of nitrogens with one attached hydrogen (secondary N) is 2. The van der Waals surface area contributed by atoms with Gasteiger partial charge in [0.1, 0.15) is 0 Å². The maximum Gasteiger partial charge on any atom is 0.306 e. The Balaban J connectivity index is 1.98. The lowest BCUT2D eigenvalue weighted by Gasteiger charge is -2.28. The van der Waals surface area contributed by atoms with Gasteiger partial charge in [-0.15, -0.1) is 5.10 Å². The quantitative estimate of drug-likeness (QED) is 0.617. The molecule has 18 heavy (non-hydrogen) atoms. The second-order valence-electron chi connectivity index (χ2n) is 3.85. The zero-order valence-corrected chi connectivity index (χ0v) is 10.1. The number of carbonyl (C=O) groups is 1. The highest BCUT2D eigenvalue weighted by molar-refractivity contribution is 7.90. The third-order valence-corrected chi connectivity index (χ3v) is 4.19. The number of piperidine rings is 1. The highest BCUT2D eigenvalue weighted by Crippen LogP contribution is 2.20. The molecular weight excluding hydrogens is 264 g/mol. The van der Waals surface area contributed by atoms with Crippen LogP contribution in [0.2, 0.25) is 0 Å². The van der Waals surface area contributed by atoms with Crippen LogP contribution in [0.3, 0.4) is 0 Å². The van der Waals surface area contributed by atoms with E-state index in [-0.39, 0.29) is 19.0 Å². The fraction of sp³-hybridized carbons (Fsp3) is 0.714. The van der Waals surface area contributed by atoms with Gasteiger partial charge < -0.3 is 5.11 Å². The van der Waals surface area contributed by atoms with Gasteiger partial charge in [0.2, 0.25) is 0 Å². The highest BCUT2D eigenvalue weighted by Gasteiger charge is 2.31. The third-order valence-electron chi connectivity index (χ3n) is 2.71. The predicted molar refractivity (Wildman–Crippen MR) is 58.7 cm³/mol. The van der Waals surface area contributed by atoms with Crippen molar-refractivity contribution in [1.82, 2.24) is 24.9 Å². The largest absolute Gasteiger partial charge is 0.481 e. The molecule has 1 aliphatic heterocycles. The first kappa shape index (κ1) is 12.7. The topological polar surface area (TPSA) is 141 Å². The van der Waals surface area contributed by atoms with Gasteiger partial charge in [-0.3, -0.25) is 4.79 Å². The summed E-state index contributed by atoms with van der Waals surface area (Å²) in [4.78, 5) is 10.8. The number of aromatic amines is 1. The van der Waals surface area contributed by atoms with Crippen LogP contribution in [0, 0.1) is 5.92 Å². The van der Waals surface area contributed by atoms with E-state index in [4.69, 9.17) is 5.11 Å². The van der Waals surface area contributed by atoms with E-state index in [2.05, 4.69) is 25.3 Å². The smallest absolute Gasteiger partial charge is 0.306 e. The van der Waals surface area contributed by atoms with Gasteiger partial charge in [-0.1, -0.05) is 5.10 Å².